The van der Waals surface area contributed by atoms with Crippen LogP contribution in [0.1, 0.15) is 36.7 Å². The Bertz CT molecular complexity index is 1360. The summed E-state index contributed by atoms with van der Waals surface area (Å²) in [7, 11) is 0. The standard InChI is InChI=1S/C27H27N3O4/c1-17(2)30-25-10-9-20(19-5-4-6-22(12-19)28-16-31)13-23(25)24(29-30)15-34-26-11-18(3)7-8-21(26)14-27(32)33/h4-13,16-17H,14-15H2,1-3H3,(H,28,31)(H,32,33). The molecule has 0 aliphatic rings. The minimum atomic E-state index is -0.904. The normalized spacial score (nSPS) is 11.1. The molecule has 0 saturated carbocycles. The molecule has 0 unspecified atom stereocenters. The fourth-order valence-corrected chi connectivity index (χ4v) is 3.99. The monoisotopic (exact) mass is 457 g/mol. The van der Waals surface area contributed by atoms with Crippen molar-refractivity contribution in [3.63, 3.8) is 0 Å². The van der Waals surface area contributed by atoms with Gasteiger partial charge in [-0.3, -0.25) is 14.3 Å². The third-order valence-corrected chi connectivity index (χ3v) is 5.62. The van der Waals surface area contributed by atoms with E-state index >= 15 is 0 Å². The Balaban J connectivity index is 1.72. The van der Waals surface area contributed by atoms with Crippen LogP contribution in [0.15, 0.2) is 60.7 Å². The predicted molar refractivity (Wildman–Crippen MR) is 132 cm³/mol. The first kappa shape index (κ1) is 23.0. The van der Waals surface area contributed by atoms with Crippen LogP contribution in [-0.2, 0) is 22.6 Å². The molecule has 0 fully saturated rings. The Labute approximate surface area is 198 Å². The van der Waals surface area contributed by atoms with E-state index in [0.717, 1.165) is 39.0 Å². The van der Waals surface area contributed by atoms with Gasteiger partial charge in [-0.25, -0.2) is 0 Å². The number of hydrogen-bond acceptors (Lipinski definition) is 4. The van der Waals surface area contributed by atoms with E-state index in [9.17, 15) is 14.7 Å². The number of amides is 1. The second kappa shape index (κ2) is 9.79. The number of carboxylic acids is 1. The molecule has 0 saturated heterocycles. The van der Waals surface area contributed by atoms with Crippen molar-refractivity contribution in [3.8, 4) is 16.9 Å². The first-order chi connectivity index (χ1) is 16.4. The van der Waals surface area contributed by atoms with Crippen molar-refractivity contribution in [2.75, 3.05) is 5.32 Å². The molecular formula is C27H27N3O4. The summed E-state index contributed by atoms with van der Waals surface area (Å²) in [5.41, 5.74) is 6.08. The van der Waals surface area contributed by atoms with Crippen LogP contribution in [0.25, 0.3) is 22.0 Å². The van der Waals surface area contributed by atoms with Crippen LogP contribution in [0, 0.1) is 6.92 Å². The molecule has 0 radical (unpaired) electrons. The van der Waals surface area contributed by atoms with Gasteiger partial charge in [-0.2, -0.15) is 5.10 Å². The minimum absolute atomic E-state index is 0.105. The van der Waals surface area contributed by atoms with Crippen molar-refractivity contribution in [2.24, 2.45) is 0 Å². The third-order valence-electron chi connectivity index (χ3n) is 5.62. The maximum Gasteiger partial charge on any atom is 0.307 e. The van der Waals surface area contributed by atoms with Crippen molar-refractivity contribution in [2.45, 2.75) is 39.8 Å². The zero-order valence-corrected chi connectivity index (χ0v) is 19.4. The summed E-state index contributed by atoms with van der Waals surface area (Å²) in [4.78, 5) is 22.1. The molecule has 0 aliphatic carbocycles. The van der Waals surface area contributed by atoms with Crippen LogP contribution in [0.5, 0.6) is 5.75 Å². The number of anilines is 1. The molecule has 0 atom stereocenters. The molecule has 1 heterocycles. The molecular weight excluding hydrogens is 430 g/mol. The SMILES string of the molecule is Cc1ccc(CC(=O)O)c(OCc2nn(C(C)C)c3ccc(-c4cccc(NC=O)c4)cc23)c1. The van der Waals surface area contributed by atoms with Gasteiger partial charge in [0.05, 0.1) is 11.9 Å². The summed E-state index contributed by atoms with van der Waals surface area (Å²) in [6, 6.07) is 19.5. The highest BCUT2D eigenvalue weighted by atomic mass is 16.5. The highest BCUT2D eigenvalue weighted by molar-refractivity contribution is 5.88. The molecule has 174 valence electrons. The lowest BCUT2D eigenvalue weighted by molar-refractivity contribution is -0.136. The predicted octanol–water partition coefficient (Wildman–Crippen LogP) is 5.37. The van der Waals surface area contributed by atoms with Crippen LogP contribution >= 0.6 is 0 Å². The van der Waals surface area contributed by atoms with Gasteiger partial charge in [0, 0.05) is 22.7 Å². The molecule has 34 heavy (non-hydrogen) atoms. The largest absolute Gasteiger partial charge is 0.487 e. The zero-order chi connectivity index (χ0) is 24.2. The molecule has 2 N–H and O–H groups in total. The highest BCUT2D eigenvalue weighted by Crippen LogP contribution is 2.30. The van der Waals surface area contributed by atoms with Crippen molar-refractivity contribution >= 4 is 29.0 Å². The maximum absolute atomic E-state index is 11.3. The summed E-state index contributed by atoms with van der Waals surface area (Å²) >= 11 is 0. The lowest BCUT2D eigenvalue weighted by Crippen LogP contribution is -2.06. The Morgan fingerprint density at radius 3 is 2.65 bits per heavy atom. The quantitative estimate of drug-likeness (QED) is 0.330. The minimum Gasteiger partial charge on any atom is -0.487 e. The molecule has 0 spiro atoms. The van der Waals surface area contributed by atoms with E-state index < -0.39 is 5.97 Å². The van der Waals surface area contributed by atoms with Gasteiger partial charge in [-0.05, 0) is 67.8 Å². The number of aliphatic carboxylic acids is 1. The summed E-state index contributed by atoms with van der Waals surface area (Å²) < 4.78 is 8.08. The summed E-state index contributed by atoms with van der Waals surface area (Å²) in [6.07, 6.45) is 0.556. The highest BCUT2D eigenvalue weighted by Gasteiger charge is 2.16. The van der Waals surface area contributed by atoms with Gasteiger partial charge >= 0.3 is 5.97 Å². The number of benzene rings is 3. The van der Waals surface area contributed by atoms with E-state index in [-0.39, 0.29) is 19.1 Å². The van der Waals surface area contributed by atoms with Gasteiger partial charge in [-0.1, -0.05) is 30.3 Å². The van der Waals surface area contributed by atoms with E-state index in [1.807, 2.05) is 60.1 Å². The number of nitrogens with one attached hydrogen (secondary N) is 1. The van der Waals surface area contributed by atoms with Gasteiger partial charge in [0.1, 0.15) is 18.1 Å². The summed E-state index contributed by atoms with van der Waals surface area (Å²) in [5.74, 6) is -0.349. The van der Waals surface area contributed by atoms with E-state index in [1.54, 1.807) is 6.07 Å². The van der Waals surface area contributed by atoms with Crippen LogP contribution < -0.4 is 10.1 Å². The van der Waals surface area contributed by atoms with Crippen LogP contribution in [-0.4, -0.2) is 27.3 Å². The van der Waals surface area contributed by atoms with Crippen molar-refractivity contribution in [1.82, 2.24) is 9.78 Å². The number of rotatable bonds is 9. The third kappa shape index (κ3) is 4.93. The summed E-state index contributed by atoms with van der Waals surface area (Å²) in [6.45, 7) is 6.30. The van der Waals surface area contributed by atoms with Crippen molar-refractivity contribution < 1.29 is 19.4 Å². The van der Waals surface area contributed by atoms with Crippen LogP contribution in [0.3, 0.4) is 0 Å². The number of ether oxygens (including phenoxy) is 1. The van der Waals surface area contributed by atoms with Crippen LogP contribution in [0.4, 0.5) is 5.69 Å². The number of aromatic nitrogens is 2. The van der Waals surface area contributed by atoms with Gasteiger partial charge in [0.25, 0.3) is 0 Å². The number of carbonyl (C=O) groups is 2. The number of carboxylic acid groups (broad SMARTS) is 1. The molecule has 4 aromatic rings. The molecule has 0 aliphatic heterocycles. The fraction of sp³-hybridized carbons (Fsp3) is 0.222. The summed E-state index contributed by atoms with van der Waals surface area (Å²) in [5, 5.41) is 17.7. The van der Waals surface area contributed by atoms with Crippen molar-refractivity contribution in [3.05, 3.63) is 77.5 Å². The molecule has 7 nitrogen and oxygen atoms in total. The molecule has 1 aromatic heterocycles. The smallest absolute Gasteiger partial charge is 0.307 e. The average Bonchev–Trinajstić information content (AvgIpc) is 3.17. The van der Waals surface area contributed by atoms with Gasteiger partial charge in [0.2, 0.25) is 6.41 Å². The fourth-order valence-electron chi connectivity index (χ4n) is 3.99. The first-order valence-electron chi connectivity index (χ1n) is 11.1. The second-order valence-corrected chi connectivity index (χ2v) is 8.53. The number of nitrogens with zero attached hydrogens (tertiary/aromatic N) is 2. The Morgan fingerprint density at radius 1 is 1.12 bits per heavy atom. The molecule has 0 bridgehead atoms. The van der Waals surface area contributed by atoms with Gasteiger partial charge < -0.3 is 15.2 Å². The van der Waals surface area contributed by atoms with E-state index in [1.165, 1.54) is 0 Å². The molecule has 3 aromatic carbocycles. The lowest BCUT2D eigenvalue weighted by Gasteiger charge is -2.11. The van der Waals surface area contributed by atoms with Gasteiger partial charge in [-0.15, -0.1) is 0 Å². The Morgan fingerprint density at radius 2 is 1.91 bits per heavy atom. The van der Waals surface area contributed by atoms with Crippen LogP contribution in [0.2, 0.25) is 0 Å². The first-order valence-corrected chi connectivity index (χ1v) is 11.1. The molecule has 4 rings (SSSR count). The Hall–Kier alpha value is -4.13. The van der Waals surface area contributed by atoms with E-state index in [2.05, 4.69) is 25.2 Å². The second-order valence-electron chi connectivity index (χ2n) is 8.53. The number of carbonyl (C=O) groups excluding carboxylic acids is 1. The molecule has 1 amide bonds. The number of aryl methyl sites for hydroxylation is 1. The van der Waals surface area contributed by atoms with E-state index in [0.29, 0.717) is 17.7 Å². The zero-order valence-electron chi connectivity index (χ0n) is 19.4. The Kier molecular flexibility index (Phi) is 6.63. The average molecular weight is 458 g/mol. The van der Waals surface area contributed by atoms with Gasteiger partial charge in [0.15, 0.2) is 0 Å². The van der Waals surface area contributed by atoms with E-state index in [4.69, 9.17) is 9.84 Å². The van der Waals surface area contributed by atoms with Crippen molar-refractivity contribution in [1.29, 1.82) is 0 Å². The maximum atomic E-state index is 11.3. The number of fused-ring (bicyclic) bond motifs is 1. The molecule has 7 heteroatoms. The number of hydrogen-bond donors (Lipinski definition) is 2. The topological polar surface area (TPSA) is 93.4 Å². The lowest BCUT2D eigenvalue weighted by atomic mass is 10.0.